The van der Waals surface area contributed by atoms with E-state index in [1.165, 1.54) is 44.1 Å². The molecule has 1 aromatic carbocycles. The van der Waals surface area contributed by atoms with Crippen LogP contribution in [0.4, 0.5) is 0 Å². The van der Waals surface area contributed by atoms with Crippen LogP contribution in [0.5, 0.6) is 0 Å². The first-order valence-corrected chi connectivity index (χ1v) is 7.95. The summed E-state index contributed by atoms with van der Waals surface area (Å²) in [5.41, 5.74) is 3.20. The molecular formula is C20H24. The highest BCUT2D eigenvalue weighted by Gasteiger charge is 2.52. The molecule has 1 fully saturated rings. The summed E-state index contributed by atoms with van der Waals surface area (Å²) in [6.45, 7) is 4.87. The lowest BCUT2D eigenvalue weighted by Gasteiger charge is -2.54. The third-order valence-electron chi connectivity index (χ3n) is 5.56. The molecule has 0 aliphatic heterocycles. The molecule has 0 heteroatoms. The van der Waals surface area contributed by atoms with Crippen molar-refractivity contribution in [3.63, 3.8) is 0 Å². The largest absolute Gasteiger partial charge is 0.0658 e. The molecule has 20 heavy (non-hydrogen) atoms. The lowest BCUT2D eigenvalue weighted by molar-refractivity contribution is 0.0875. The predicted octanol–water partition coefficient (Wildman–Crippen LogP) is 5.34. The SMILES string of the molecule is C[C@@]12C=C(C#Cc3ccccc3)[C@]1(C)CCCCCC2. The van der Waals surface area contributed by atoms with E-state index in [9.17, 15) is 0 Å². The predicted molar refractivity (Wildman–Crippen MR) is 85.3 cm³/mol. The molecule has 0 saturated heterocycles. The topological polar surface area (TPSA) is 0 Å². The second kappa shape index (κ2) is 5.13. The normalized spacial score (nSPS) is 32.6. The van der Waals surface area contributed by atoms with Gasteiger partial charge in [0.05, 0.1) is 0 Å². The fourth-order valence-electron chi connectivity index (χ4n) is 3.79. The fraction of sp³-hybridized carbons (Fsp3) is 0.500. The van der Waals surface area contributed by atoms with Crippen LogP contribution in [-0.2, 0) is 0 Å². The first-order chi connectivity index (χ1) is 9.64. The van der Waals surface area contributed by atoms with E-state index in [2.05, 4.69) is 56.0 Å². The number of fused-ring (bicyclic) bond motifs is 1. The molecule has 0 bridgehead atoms. The van der Waals surface area contributed by atoms with Gasteiger partial charge in [0, 0.05) is 16.6 Å². The summed E-state index contributed by atoms with van der Waals surface area (Å²) in [6.07, 6.45) is 10.6. The number of hydrogen-bond donors (Lipinski definition) is 0. The highest BCUT2D eigenvalue weighted by Crippen LogP contribution is 2.61. The quantitative estimate of drug-likeness (QED) is 0.554. The lowest BCUT2D eigenvalue weighted by Crippen LogP contribution is -2.46. The molecule has 0 unspecified atom stereocenters. The van der Waals surface area contributed by atoms with Crippen molar-refractivity contribution < 1.29 is 0 Å². The monoisotopic (exact) mass is 264 g/mol. The fourth-order valence-corrected chi connectivity index (χ4v) is 3.79. The Balaban J connectivity index is 1.86. The third-order valence-corrected chi connectivity index (χ3v) is 5.56. The summed E-state index contributed by atoms with van der Waals surface area (Å²) in [5.74, 6) is 6.80. The molecule has 0 spiro atoms. The summed E-state index contributed by atoms with van der Waals surface area (Å²) in [5, 5.41) is 0. The van der Waals surface area contributed by atoms with Gasteiger partial charge in [0.2, 0.25) is 0 Å². The number of hydrogen-bond acceptors (Lipinski definition) is 0. The first kappa shape index (κ1) is 13.5. The molecule has 0 radical (unpaired) electrons. The standard InChI is InChI=1S/C20H24/c1-19-14-8-3-4-9-15-20(19,2)18(16-19)13-12-17-10-6-5-7-11-17/h5-7,10-11,16H,3-4,8-9,14-15H2,1-2H3/t19-,20+/m1/s1. The Bertz CT molecular complexity index is 569. The summed E-state index contributed by atoms with van der Waals surface area (Å²) >= 11 is 0. The molecular weight excluding hydrogens is 240 g/mol. The van der Waals surface area contributed by atoms with Gasteiger partial charge in [0.25, 0.3) is 0 Å². The molecule has 3 rings (SSSR count). The van der Waals surface area contributed by atoms with Crippen LogP contribution in [0.25, 0.3) is 0 Å². The molecule has 104 valence electrons. The molecule has 0 nitrogen and oxygen atoms in total. The minimum Gasteiger partial charge on any atom is -0.0658 e. The van der Waals surface area contributed by atoms with Crippen molar-refractivity contribution >= 4 is 0 Å². The van der Waals surface area contributed by atoms with Crippen LogP contribution in [-0.4, -0.2) is 0 Å². The van der Waals surface area contributed by atoms with Crippen LogP contribution in [0, 0.1) is 22.7 Å². The van der Waals surface area contributed by atoms with Crippen LogP contribution in [0.3, 0.4) is 0 Å². The van der Waals surface area contributed by atoms with Crippen molar-refractivity contribution in [1.82, 2.24) is 0 Å². The van der Waals surface area contributed by atoms with E-state index in [1.54, 1.807) is 0 Å². The van der Waals surface area contributed by atoms with E-state index < -0.39 is 0 Å². The highest BCUT2D eigenvalue weighted by molar-refractivity contribution is 5.50. The van der Waals surface area contributed by atoms with Gasteiger partial charge < -0.3 is 0 Å². The van der Waals surface area contributed by atoms with E-state index in [4.69, 9.17) is 0 Å². The minimum atomic E-state index is 0.315. The summed E-state index contributed by atoms with van der Waals surface area (Å²) in [7, 11) is 0. The number of benzene rings is 1. The zero-order chi connectivity index (χ0) is 14.1. The average Bonchev–Trinajstić information content (AvgIpc) is 2.47. The van der Waals surface area contributed by atoms with Gasteiger partial charge in [-0.1, -0.05) is 75.6 Å². The zero-order valence-electron chi connectivity index (χ0n) is 12.7. The molecule has 0 aromatic heterocycles. The Morgan fingerprint density at radius 3 is 2.30 bits per heavy atom. The van der Waals surface area contributed by atoms with Gasteiger partial charge in [0.1, 0.15) is 0 Å². The molecule has 1 aromatic rings. The van der Waals surface area contributed by atoms with Crippen molar-refractivity contribution in [2.75, 3.05) is 0 Å². The molecule has 0 heterocycles. The van der Waals surface area contributed by atoms with E-state index in [-0.39, 0.29) is 0 Å². The van der Waals surface area contributed by atoms with Crippen LogP contribution < -0.4 is 0 Å². The van der Waals surface area contributed by atoms with E-state index in [0.29, 0.717) is 10.8 Å². The minimum absolute atomic E-state index is 0.315. The van der Waals surface area contributed by atoms with Gasteiger partial charge >= 0.3 is 0 Å². The summed E-state index contributed by atoms with van der Waals surface area (Å²) in [6, 6.07) is 10.3. The van der Waals surface area contributed by atoms with E-state index in [0.717, 1.165) is 5.56 Å². The van der Waals surface area contributed by atoms with Crippen molar-refractivity contribution in [2.24, 2.45) is 10.8 Å². The molecule has 2 aliphatic rings. The van der Waals surface area contributed by atoms with Gasteiger partial charge in [-0.05, 0) is 30.4 Å². The van der Waals surface area contributed by atoms with Crippen LogP contribution >= 0.6 is 0 Å². The third kappa shape index (κ3) is 2.20. The van der Waals surface area contributed by atoms with Gasteiger partial charge in [-0.15, -0.1) is 0 Å². The second-order valence-electron chi connectivity index (χ2n) is 6.84. The Morgan fingerprint density at radius 1 is 0.850 bits per heavy atom. The van der Waals surface area contributed by atoms with Gasteiger partial charge in [-0.25, -0.2) is 0 Å². The maximum Gasteiger partial charge on any atom is 0.0248 e. The molecule has 0 N–H and O–H groups in total. The summed E-state index contributed by atoms with van der Waals surface area (Å²) < 4.78 is 0. The Morgan fingerprint density at radius 2 is 1.55 bits per heavy atom. The highest BCUT2D eigenvalue weighted by atomic mass is 14.5. The van der Waals surface area contributed by atoms with Crippen LogP contribution in [0.15, 0.2) is 42.0 Å². The Labute approximate surface area is 123 Å². The zero-order valence-corrected chi connectivity index (χ0v) is 12.7. The molecule has 2 atom stereocenters. The average molecular weight is 264 g/mol. The second-order valence-corrected chi connectivity index (χ2v) is 6.84. The van der Waals surface area contributed by atoms with Crippen molar-refractivity contribution in [3.05, 3.63) is 47.5 Å². The Hall–Kier alpha value is -1.48. The van der Waals surface area contributed by atoms with Crippen molar-refractivity contribution in [2.45, 2.75) is 52.4 Å². The van der Waals surface area contributed by atoms with Gasteiger partial charge in [-0.2, -0.15) is 0 Å². The maximum absolute atomic E-state index is 3.46. The number of allylic oxidation sites excluding steroid dienone is 2. The molecule has 1 saturated carbocycles. The van der Waals surface area contributed by atoms with Crippen LogP contribution in [0.2, 0.25) is 0 Å². The molecule has 0 amide bonds. The van der Waals surface area contributed by atoms with Gasteiger partial charge in [-0.3, -0.25) is 0 Å². The van der Waals surface area contributed by atoms with E-state index in [1.807, 2.05) is 6.07 Å². The maximum atomic E-state index is 3.46. The van der Waals surface area contributed by atoms with Crippen LogP contribution in [0.1, 0.15) is 57.9 Å². The summed E-state index contributed by atoms with van der Waals surface area (Å²) in [4.78, 5) is 0. The smallest absolute Gasteiger partial charge is 0.0248 e. The Kier molecular flexibility index (Phi) is 3.47. The van der Waals surface area contributed by atoms with Crippen molar-refractivity contribution in [3.8, 4) is 11.8 Å². The van der Waals surface area contributed by atoms with E-state index >= 15 is 0 Å². The van der Waals surface area contributed by atoms with Crippen molar-refractivity contribution in [1.29, 1.82) is 0 Å². The molecule has 2 aliphatic carbocycles. The lowest BCUT2D eigenvalue weighted by atomic mass is 9.49. The number of rotatable bonds is 0. The first-order valence-electron chi connectivity index (χ1n) is 7.95. The van der Waals surface area contributed by atoms with Gasteiger partial charge in [0.15, 0.2) is 0 Å².